The Labute approximate surface area is 199 Å². The van der Waals surface area contributed by atoms with E-state index in [1.807, 2.05) is 16.2 Å². The highest BCUT2D eigenvalue weighted by atomic mass is 35.5. The Balaban J connectivity index is 1.55. The minimum absolute atomic E-state index is 0.0720. The molecule has 1 unspecified atom stereocenters. The van der Waals surface area contributed by atoms with E-state index in [0.717, 1.165) is 0 Å². The molecule has 5 heterocycles. The number of aromatic nitrogens is 5. The standard InChI is InChI=1S/C22H22ClN9O2/c1-12(28-21(34)18-19(25)29-32-4-2-3-27-20(18)32)15-6-16(23)17-8-26-11-31(17)22(15)30-9-13(7-24)5-14(33)10-30/h2-4,6,8,11-14,33H,5,9-10H2,1H3,(H2,25,29)(H,28,34)/t12?,13-,14+/m0/s1. The van der Waals surface area contributed by atoms with Crippen molar-refractivity contribution in [2.45, 2.75) is 25.5 Å². The van der Waals surface area contributed by atoms with E-state index in [0.29, 0.717) is 47.1 Å². The van der Waals surface area contributed by atoms with Gasteiger partial charge in [0.2, 0.25) is 0 Å². The molecule has 4 aromatic heterocycles. The third-order valence-electron chi connectivity index (χ3n) is 6.03. The number of piperidine rings is 1. The number of fused-ring (bicyclic) bond motifs is 2. The number of nitrogen functional groups attached to an aromatic ring is 1. The van der Waals surface area contributed by atoms with Crippen LogP contribution in [0, 0.1) is 17.2 Å². The second kappa shape index (κ2) is 8.48. The number of amides is 1. The van der Waals surface area contributed by atoms with E-state index in [4.69, 9.17) is 17.3 Å². The second-order valence-electron chi connectivity index (χ2n) is 8.38. The molecule has 0 aliphatic carbocycles. The molecule has 174 valence electrons. The second-order valence-corrected chi connectivity index (χ2v) is 8.79. The molecule has 0 saturated carbocycles. The van der Waals surface area contributed by atoms with E-state index >= 15 is 0 Å². The molecule has 1 fully saturated rings. The lowest BCUT2D eigenvalue weighted by molar-refractivity contribution is 0.0942. The molecule has 34 heavy (non-hydrogen) atoms. The van der Waals surface area contributed by atoms with Gasteiger partial charge in [-0.25, -0.2) is 14.5 Å². The summed E-state index contributed by atoms with van der Waals surface area (Å²) in [5.41, 5.74) is 7.94. The van der Waals surface area contributed by atoms with Gasteiger partial charge in [-0.1, -0.05) is 11.6 Å². The molecule has 1 amide bonds. The van der Waals surface area contributed by atoms with Gasteiger partial charge in [-0.05, 0) is 25.5 Å². The highest BCUT2D eigenvalue weighted by Gasteiger charge is 2.31. The minimum atomic E-state index is -0.657. The summed E-state index contributed by atoms with van der Waals surface area (Å²) in [4.78, 5) is 23.6. The Morgan fingerprint density at radius 2 is 2.26 bits per heavy atom. The molecule has 5 rings (SSSR count). The maximum Gasteiger partial charge on any atom is 0.259 e. The van der Waals surface area contributed by atoms with Crippen molar-refractivity contribution in [3.63, 3.8) is 0 Å². The summed E-state index contributed by atoms with van der Waals surface area (Å²) < 4.78 is 3.27. The maximum absolute atomic E-state index is 13.2. The first-order valence-electron chi connectivity index (χ1n) is 10.7. The Kier molecular flexibility index (Phi) is 5.47. The van der Waals surface area contributed by atoms with Crippen molar-refractivity contribution in [1.82, 2.24) is 29.3 Å². The summed E-state index contributed by atoms with van der Waals surface area (Å²) in [5.74, 6) is 0.0119. The van der Waals surface area contributed by atoms with Gasteiger partial charge in [-0.3, -0.25) is 9.20 Å². The summed E-state index contributed by atoms with van der Waals surface area (Å²) in [5, 5.41) is 27.5. The first-order chi connectivity index (χ1) is 16.4. The molecule has 0 spiro atoms. The zero-order chi connectivity index (χ0) is 24.0. The van der Waals surface area contributed by atoms with Crippen molar-refractivity contribution in [3.8, 4) is 6.07 Å². The van der Waals surface area contributed by atoms with Crippen molar-refractivity contribution in [1.29, 1.82) is 5.26 Å². The number of nitrogens with two attached hydrogens (primary N) is 1. The maximum atomic E-state index is 13.2. The lowest BCUT2D eigenvalue weighted by Crippen LogP contribution is -2.44. The summed E-state index contributed by atoms with van der Waals surface area (Å²) >= 11 is 6.55. The van der Waals surface area contributed by atoms with Gasteiger partial charge in [0, 0.05) is 31.0 Å². The van der Waals surface area contributed by atoms with Gasteiger partial charge in [0.1, 0.15) is 17.7 Å². The number of imidazole rings is 1. The normalized spacial score (nSPS) is 19.3. The van der Waals surface area contributed by atoms with E-state index in [-0.39, 0.29) is 17.3 Å². The number of rotatable bonds is 4. The summed E-state index contributed by atoms with van der Waals surface area (Å²) in [6.07, 6.45) is 6.26. The first-order valence-corrected chi connectivity index (χ1v) is 11.1. The number of hydrogen-bond acceptors (Lipinski definition) is 8. The van der Waals surface area contributed by atoms with E-state index in [1.165, 1.54) is 4.52 Å². The Hall–Kier alpha value is -3.88. The third-order valence-corrected chi connectivity index (χ3v) is 6.33. The molecule has 0 aromatic carbocycles. The Morgan fingerprint density at radius 3 is 3.06 bits per heavy atom. The van der Waals surface area contributed by atoms with Crippen molar-refractivity contribution in [3.05, 3.63) is 53.2 Å². The highest BCUT2D eigenvalue weighted by molar-refractivity contribution is 6.34. The molecular formula is C22H22ClN9O2. The number of carbonyl (C=O) groups is 1. The van der Waals surface area contributed by atoms with E-state index in [1.54, 1.807) is 37.1 Å². The smallest absolute Gasteiger partial charge is 0.259 e. The summed E-state index contributed by atoms with van der Waals surface area (Å²) in [6, 6.07) is 5.22. The van der Waals surface area contributed by atoms with Gasteiger partial charge in [0.15, 0.2) is 11.5 Å². The minimum Gasteiger partial charge on any atom is -0.391 e. The predicted octanol–water partition coefficient (Wildman–Crippen LogP) is 1.81. The van der Waals surface area contributed by atoms with Crippen LogP contribution in [0.15, 0.2) is 37.1 Å². The van der Waals surface area contributed by atoms with Crippen LogP contribution in [0.5, 0.6) is 0 Å². The van der Waals surface area contributed by atoms with E-state index in [2.05, 4.69) is 26.5 Å². The number of nitrogens with one attached hydrogen (secondary N) is 1. The molecule has 3 atom stereocenters. The third kappa shape index (κ3) is 3.67. The van der Waals surface area contributed by atoms with Crippen LogP contribution in [0.3, 0.4) is 0 Å². The van der Waals surface area contributed by atoms with Crippen LogP contribution in [0.25, 0.3) is 11.2 Å². The Morgan fingerprint density at radius 1 is 1.44 bits per heavy atom. The van der Waals surface area contributed by atoms with Gasteiger partial charge in [-0.15, -0.1) is 5.10 Å². The molecule has 1 saturated heterocycles. The number of aliphatic hydroxyl groups excluding tert-OH is 1. The molecule has 11 nitrogen and oxygen atoms in total. The number of anilines is 2. The molecule has 1 aliphatic heterocycles. The predicted molar refractivity (Wildman–Crippen MR) is 125 cm³/mol. The Bertz CT molecular complexity index is 1440. The van der Waals surface area contributed by atoms with Crippen molar-refractivity contribution in [2.75, 3.05) is 23.7 Å². The average molecular weight is 480 g/mol. The number of halogens is 1. The van der Waals surface area contributed by atoms with Crippen LogP contribution in [0.4, 0.5) is 11.6 Å². The largest absolute Gasteiger partial charge is 0.391 e. The summed E-state index contributed by atoms with van der Waals surface area (Å²) in [6.45, 7) is 2.60. The van der Waals surface area contributed by atoms with E-state index < -0.39 is 18.1 Å². The van der Waals surface area contributed by atoms with Gasteiger partial charge >= 0.3 is 0 Å². The zero-order valence-electron chi connectivity index (χ0n) is 18.3. The van der Waals surface area contributed by atoms with Gasteiger partial charge < -0.3 is 21.1 Å². The summed E-state index contributed by atoms with van der Waals surface area (Å²) in [7, 11) is 0. The SMILES string of the molecule is CC(NC(=O)c1c(N)nn2cccnc12)c1cc(Cl)c2cncn2c1N1C[C@H](O)C[C@@H](C#N)C1. The molecule has 0 radical (unpaired) electrons. The monoisotopic (exact) mass is 479 g/mol. The highest BCUT2D eigenvalue weighted by Crippen LogP contribution is 2.35. The van der Waals surface area contributed by atoms with Crippen LogP contribution >= 0.6 is 11.6 Å². The molecule has 1 aliphatic rings. The number of carbonyl (C=O) groups excluding carboxylic acids is 1. The molecule has 0 bridgehead atoms. The van der Waals surface area contributed by atoms with Gasteiger partial charge in [0.05, 0.1) is 40.9 Å². The first kappa shape index (κ1) is 21.9. The quantitative estimate of drug-likeness (QED) is 0.401. The zero-order valence-corrected chi connectivity index (χ0v) is 19.0. The fraction of sp³-hybridized carbons (Fsp3) is 0.318. The van der Waals surface area contributed by atoms with Crippen LogP contribution in [-0.4, -0.2) is 54.2 Å². The number of aliphatic hydroxyl groups is 1. The fourth-order valence-corrected chi connectivity index (χ4v) is 4.77. The molecular weight excluding hydrogens is 458 g/mol. The van der Waals surface area contributed by atoms with E-state index in [9.17, 15) is 15.2 Å². The number of hydrogen-bond donors (Lipinski definition) is 3. The number of pyridine rings is 1. The van der Waals surface area contributed by atoms with Gasteiger partial charge in [-0.2, -0.15) is 5.26 Å². The van der Waals surface area contributed by atoms with Crippen molar-refractivity contribution in [2.24, 2.45) is 5.92 Å². The lowest BCUT2D eigenvalue weighted by Gasteiger charge is -2.37. The fourth-order valence-electron chi connectivity index (χ4n) is 4.52. The van der Waals surface area contributed by atoms with Crippen molar-refractivity contribution < 1.29 is 9.90 Å². The topological polar surface area (TPSA) is 150 Å². The van der Waals surface area contributed by atoms with Crippen LogP contribution in [0.1, 0.15) is 35.3 Å². The van der Waals surface area contributed by atoms with Crippen molar-refractivity contribution >= 4 is 40.3 Å². The van der Waals surface area contributed by atoms with Crippen LogP contribution in [0.2, 0.25) is 5.02 Å². The molecule has 4 N–H and O–H groups in total. The van der Waals surface area contributed by atoms with Crippen LogP contribution < -0.4 is 16.0 Å². The number of nitrogens with zero attached hydrogens (tertiary/aromatic N) is 7. The lowest BCUT2D eigenvalue weighted by atomic mass is 9.96. The number of nitriles is 1. The molecule has 12 heteroatoms. The number of β-amino-alcohol motifs (C(OH)–C–C–N with tert-alkyl or cyclic N) is 1. The average Bonchev–Trinajstić information content (AvgIpc) is 3.42. The van der Waals surface area contributed by atoms with Crippen LogP contribution in [-0.2, 0) is 0 Å². The molecule has 4 aromatic rings. The van der Waals surface area contributed by atoms with Gasteiger partial charge in [0.25, 0.3) is 5.91 Å².